The van der Waals surface area contributed by atoms with Gasteiger partial charge < -0.3 is 14.8 Å². The van der Waals surface area contributed by atoms with Gasteiger partial charge in [0.1, 0.15) is 17.3 Å². The first-order chi connectivity index (χ1) is 9.47. The molecule has 4 heteroatoms. The minimum Gasteiger partial charge on any atom is -0.466 e. The van der Waals surface area contributed by atoms with Crippen molar-refractivity contribution in [1.29, 1.82) is 0 Å². The second-order valence-electron chi connectivity index (χ2n) is 5.07. The van der Waals surface area contributed by atoms with E-state index in [9.17, 15) is 9.50 Å². The Kier molecular flexibility index (Phi) is 4.57. The lowest BCUT2D eigenvalue weighted by atomic mass is 10.1. The van der Waals surface area contributed by atoms with E-state index in [0.29, 0.717) is 12.1 Å². The van der Waals surface area contributed by atoms with Gasteiger partial charge in [-0.2, -0.15) is 0 Å². The SMILES string of the molecule is Cc1cc(C(C)NCC(O)c2cccc(F)c2)c(C)o1. The molecule has 2 unspecified atom stereocenters. The van der Waals surface area contributed by atoms with Gasteiger partial charge in [0.25, 0.3) is 0 Å². The molecule has 0 radical (unpaired) electrons. The summed E-state index contributed by atoms with van der Waals surface area (Å²) in [4.78, 5) is 0. The van der Waals surface area contributed by atoms with E-state index in [4.69, 9.17) is 4.42 Å². The topological polar surface area (TPSA) is 45.4 Å². The molecule has 2 atom stereocenters. The average Bonchev–Trinajstić information content (AvgIpc) is 2.74. The summed E-state index contributed by atoms with van der Waals surface area (Å²) in [5.74, 6) is 1.41. The first kappa shape index (κ1) is 14.8. The monoisotopic (exact) mass is 277 g/mol. The number of furan rings is 1. The van der Waals surface area contributed by atoms with Crippen LogP contribution in [0.4, 0.5) is 4.39 Å². The normalized spacial score (nSPS) is 14.2. The molecular formula is C16H20FNO2. The molecule has 2 aromatic rings. The molecule has 1 heterocycles. The Morgan fingerprint density at radius 2 is 2.05 bits per heavy atom. The highest BCUT2D eigenvalue weighted by Crippen LogP contribution is 2.22. The second-order valence-corrected chi connectivity index (χ2v) is 5.07. The number of hydrogen-bond donors (Lipinski definition) is 2. The fourth-order valence-corrected chi connectivity index (χ4v) is 2.31. The maximum absolute atomic E-state index is 13.1. The summed E-state index contributed by atoms with van der Waals surface area (Å²) < 4.78 is 18.6. The van der Waals surface area contributed by atoms with Crippen LogP contribution in [-0.2, 0) is 0 Å². The van der Waals surface area contributed by atoms with Crippen molar-refractivity contribution in [3.63, 3.8) is 0 Å². The highest BCUT2D eigenvalue weighted by molar-refractivity contribution is 5.24. The third-order valence-electron chi connectivity index (χ3n) is 3.40. The van der Waals surface area contributed by atoms with Crippen LogP contribution < -0.4 is 5.32 Å². The van der Waals surface area contributed by atoms with Gasteiger partial charge in [0, 0.05) is 18.2 Å². The Labute approximate surface area is 118 Å². The molecule has 1 aromatic carbocycles. The lowest BCUT2D eigenvalue weighted by Gasteiger charge is -2.17. The summed E-state index contributed by atoms with van der Waals surface area (Å²) in [5.41, 5.74) is 1.65. The minimum absolute atomic E-state index is 0.0654. The van der Waals surface area contributed by atoms with Crippen molar-refractivity contribution >= 4 is 0 Å². The molecule has 3 nitrogen and oxygen atoms in total. The van der Waals surface area contributed by atoms with Gasteiger partial charge >= 0.3 is 0 Å². The third-order valence-corrected chi connectivity index (χ3v) is 3.40. The Morgan fingerprint density at radius 3 is 2.65 bits per heavy atom. The number of aryl methyl sites for hydroxylation is 2. The number of benzene rings is 1. The van der Waals surface area contributed by atoms with Crippen molar-refractivity contribution in [3.05, 3.63) is 58.8 Å². The zero-order valence-corrected chi connectivity index (χ0v) is 12.0. The Hall–Kier alpha value is -1.65. The van der Waals surface area contributed by atoms with Gasteiger partial charge in [0.05, 0.1) is 6.10 Å². The van der Waals surface area contributed by atoms with Crippen molar-refractivity contribution < 1.29 is 13.9 Å². The highest BCUT2D eigenvalue weighted by Gasteiger charge is 2.14. The van der Waals surface area contributed by atoms with E-state index in [-0.39, 0.29) is 11.9 Å². The van der Waals surface area contributed by atoms with E-state index in [2.05, 4.69) is 5.32 Å². The molecule has 0 saturated heterocycles. The van der Waals surface area contributed by atoms with Crippen LogP contribution in [-0.4, -0.2) is 11.7 Å². The van der Waals surface area contributed by atoms with Crippen molar-refractivity contribution in [2.45, 2.75) is 32.9 Å². The van der Waals surface area contributed by atoms with Crippen molar-refractivity contribution in [2.75, 3.05) is 6.54 Å². The molecule has 0 aliphatic carbocycles. The highest BCUT2D eigenvalue weighted by atomic mass is 19.1. The molecule has 108 valence electrons. The molecule has 0 saturated carbocycles. The predicted molar refractivity (Wildman–Crippen MR) is 76.0 cm³/mol. The van der Waals surface area contributed by atoms with E-state index in [1.54, 1.807) is 12.1 Å². The summed E-state index contributed by atoms with van der Waals surface area (Å²) in [5, 5.41) is 13.3. The van der Waals surface area contributed by atoms with E-state index >= 15 is 0 Å². The fourth-order valence-electron chi connectivity index (χ4n) is 2.31. The second kappa shape index (κ2) is 6.20. The van der Waals surface area contributed by atoms with Gasteiger partial charge in [-0.25, -0.2) is 4.39 Å². The van der Waals surface area contributed by atoms with Crippen LogP contribution in [0.15, 0.2) is 34.7 Å². The van der Waals surface area contributed by atoms with Crippen molar-refractivity contribution in [2.24, 2.45) is 0 Å². The number of rotatable bonds is 5. The van der Waals surface area contributed by atoms with Crippen LogP contribution in [0.2, 0.25) is 0 Å². The maximum atomic E-state index is 13.1. The minimum atomic E-state index is -0.735. The van der Waals surface area contributed by atoms with Gasteiger partial charge in [-0.1, -0.05) is 12.1 Å². The van der Waals surface area contributed by atoms with Crippen LogP contribution in [0.25, 0.3) is 0 Å². The molecular weight excluding hydrogens is 257 g/mol. The molecule has 0 spiro atoms. The predicted octanol–water partition coefficient (Wildman–Crippen LogP) is 3.42. The summed E-state index contributed by atoms with van der Waals surface area (Å²) in [6.07, 6.45) is -0.735. The van der Waals surface area contributed by atoms with Crippen LogP contribution in [0.1, 0.15) is 41.7 Å². The molecule has 1 aromatic heterocycles. The Balaban J connectivity index is 1.96. The average molecular weight is 277 g/mol. The summed E-state index contributed by atoms with van der Waals surface area (Å²) in [6.45, 7) is 6.19. The number of hydrogen-bond acceptors (Lipinski definition) is 3. The number of aliphatic hydroxyl groups is 1. The van der Waals surface area contributed by atoms with Crippen molar-refractivity contribution in [1.82, 2.24) is 5.32 Å². The van der Waals surface area contributed by atoms with Gasteiger partial charge in [-0.15, -0.1) is 0 Å². The van der Waals surface area contributed by atoms with E-state index < -0.39 is 6.10 Å². The van der Waals surface area contributed by atoms with Crippen LogP contribution >= 0.6 is 0 Å². The van der Waals surface area contributed by atoms with Gasteiger partial charge in [0.2, 0.25) is 0 Å². The van der Waals surface area contributed by atoms with E-state index in [0.717, 1.165) is 17.1 Å². The first-order valence-corrected chi connectivity index (χ1v) is 6.71. The smallest absolute Gasteiger partial charge is 0.123 e. The first-order valence-electron chi connectivity index (χ1n) is 6.71. The largest absolute Gasteiger partial charge is 0.466 e. The molecule has 0 amide bonds. The Bertz CT molecular complexity index is 580. The standard InChI is InChI=1S/C16H20FNO2/c1-10-7-15(12(3)20-10)11(2)18-9-16(19)13-5-4-6-14(17)8-13/h4-8,11,16,18-19H,9H2,1-3H3. The van der Waals surface area contributed by atoms with Crippen LogP contribution in [0.5, 0.6) is 0 Å². The molecule has 0 fully saturated rings. The molecule has 2 N–H and O–H groups in total. The van der Waals surface area contributed by atoms with Crippen molar-refractivity contribution in [3.8, 4) is 0 Å². The molecule has 20 heavy (non-hydrogen) atoms. The molecule has 0 aliphatic heterocycles. The molecule has 2 rings (SSSR count). The van der Waals surface area contributed by atoms with Gasteiger partial charge in [-0.05, 0) is 44.5 Å². The Morgan fingerprint density at radius 1 is 1.30 bits per heavy atom. The van der Waals surface area contributed by atoms with E-state index in [1.807, 2.05) is 26.8 Å². The number of nitrogens with one attached hydrogen (secondary N) is 1. The fraction of sp³-hybridized carbons (Fsp3) is 0.375. The zero-order valence-electron chi connectivity index (χ0n) is 12.0. The van der Waals surface area contributed by atoms with Gasteiger partial charge in [0.15, 0.2) is 0 Å². The zero-order chi connectivity index (χ0) is 14.7. The van der Waals surface area contributed by atoms with Crippen LogP contribution in [0.3, 0.4) is 0 Å². The third kappa shape index (κ3) is 3.46. The van der Waals surface area contributed by atoms with Gasteiger partial charge in [-0.3, -0.25) is 0 Å². The number of halogens is 1. The summed E-state index contributed by atoms with van der Waals surface area (Å²) in [6, 6.07) is 8.08. The van der Waals surface area contributed by atoms with E-state index in [1.165, 1.54) is 12.1 Å². The van der Waals surface area contributed by atoms with Crippen LogP contribution in [0, 0.1) is 19.7 Å². The molecule has 0 aliphatic rings. The quantitative estimate of drug-likeness (QED) is 0.880. The summed E-state index contributed by atoms with van der Waals surface area (Å²) >= 11 is 0. The lowest BCUT2D eigenvalue weighted by Crippen LogP contribution is -2.24. The lowest BCUT2D eigenvalue weighted by molar-refractivity contribution is 0.170. The summed E-state index contributed by atoms with van der Waals surface area (Å²) in [7, 11) is 0. The maximum Gasteiger partial charge on any atom is 0.123 e. The molecule has 0 bridgehead atoms. The number of aliphatic hydroxyl groups excluding tert-OH is 1.